The highest BCUT2D eigenvalue weighted by atomic mass is 79.9. The standard InChI is InChI=1S/C26H22F3N5O2.C18H17N5O2.C8H6BrF3/c1-16-13-23(36-15-18-5-7-19(8-6-18)26(27,28)29)34-25(31-16)24(17(2)32-34)21-10-9-20(14-22(21)35-3)33-12-4-11-30-33;1-11-9-16(24)23-18(20-11)17(12(2)21-23)14-6-5-13(10-15(14)25-3)22-8-4-7-19-22;9-5-6-1-3-7(4-2-6)8(10,11)12/h4-14H,15H2,1-3H3;4-10,21H,1-3H3;1-4H,5H2. The maximum absolute atomic E-state index is 12.9. The normalized spacial score (nSPS) is 11.5. The Kier molecular flexibility index (Phi) is 14.9. The number of nitrogens with one attached hydrogen (secondary N) is 1. The van der Waals surface area contributed by atoms with Crippen LogP contribution >= 0.6 is 15.9 Å². The molecule has 0 aliphatic carbocycles. The average molecular weight is 1070 g/mol. The fourth-order valence-electron chi connectivity index (χ4n) is 7.85. The molecule has 376 valence electrons. The van der Waals surface area contributed by atoms with Crippen LogP contribution in [0.5, 0.6) is 17.4 Å². The van der Waals surface area contributed by atoms with Gasteiger partial charge in [0.15, 0.2) is 11.3 Å². The highest BCUT2D eigenvalue weighted by molar-refractivity contribution is 9.08. The van der Waals surface area contributed by atoms with E-state index in [4.69, 9.17) is 19.2 Å². The van der Waals surface area contributed by atoms with E-state index in [9.17, 15) is 31.1 Å². The molecule has 0 aliphatic heterocycles. The molecule has 14 nitrogen and oxygen atoms in total. The summed E-state index contributed by atoms with van der Waals surface area (Å²) in [5, 5.41) is 16.8. The fraction of sp³-hybridized carbons (Fsp3) is 0.192. The van der Waals surface area contributed by atoms with Gasteiger partial charge in [-0.3, -0.25) is 9.89 Å². The van der Waals surface area contributed by atoms with E-state index in [-0.39, 0.29) is 12.2 Å². The first kappa shape index (κ1) is 51.2. The molecule has 0 saturated carbocycles. The van der Waals surface area contributed by atoms with Gasteiger partial charge < -0.3 is 14.2 Å². The van der Waals surface area contributed by atoms with E-state index in [0.29, 0.717) is 51.0 Å². The number of hydrogen-bond acceptors (Lipinski definition) is 9. The summed E-state index contributed by atoms with van der Waals surface area (Å²) in [4.78, 5) is 21.4. The molecule has 10 rings (SSSR count). The van der Waals surface area contributed by atoms with Gasteiger partial charge in [0.2, 0.25) is 5.88 Å². The molecule has 0 bridgehead atoms. The smallest absolute Gasteiger partial charge is 0.416 e. The third-order valence-electron chi connectivity index (χ3n) is 11.3. The molecule has 6 heterocycles. The van der Waals surface area contributed by atoms with Crippen LogP contribution < -0.4 is 19.8 Å². The number of H-pyrrole nitrogens is 1. The Morgan fingerprint density at radius 3 is 1.63 bits per heavy atom. The van der Waals surface area contributed by atoms with Gasteiger partial charge in [-0.2, -0.15) is 46.2 Å². The summed E-state index contributed by atoms with van der Waals surface area (Å²) in [5.41, 5.74) is 9.19. The van der Waals surface area contributed by atoms with Crippen LogP contribution in [0.15, 0.2) is 139 Å². The molecule has 0 amide bonds. The summed E-state index contributed by atoms with van der Waals surface area (Å²) in [6, 6.07) is 28.5. The van der Waals surface area contributed by atoms with Crippen molar-refractivity contribution >= 4 is 27.2 Å². The monoisotopic (exact) mass is 1070 g/mol. The Balaban J connectivity index is 0.000000165. The maximum atomic E-state index is 12.9. The number of nitrogens with zero attached hydrogens (tertiary/aromatic N) is 9. The molecule has 73 heavy (non-hydrogen) atoms. The van der Waals surface area contributed by atoms with Gasteiger partial charge in [0.05, 0.1) is 53.5 Å². The first-order valence-electron chi connectivity index (χ1n) is 22.2. The van der Waals surface area contributed by atoms with Crippen LogP contribution in [0.3, 0.4) is 0 Å². The van der Waals surface area contributed by atoms with Crippen LogP contribution in [-0.2, 0) is 24.3 Å². The van der Waals surface area contributed by atoms with Gasteiger partial charge in [-0.25, -0.2) is 23.8 Å². The summed E-state index contributed by atoms with van der Waals surface area (Å²) in [6.45, 7) is 7.52. The van der Waals surface area contributed by atoms with Gasteiger partial charge in [-0.1, -0.05) is 40.2 Å². The number of alkyl halides is 7. The number of halogens is 7. The number of benzene rings is 4. The van der Waals surface area contributed by atoms with Crippen LogP contribution in [-0.4, -0.2) is 63.0 Å². The first-order valence-corrected chi connectivity index (χ1v) is 23.3. The second-order valence-corrected chi connectivity index (χ2v) is 17.0. The fourth-order valence-corrected chi connectivity index (χ4v) is 8.22. The molecule has 1 N–H and O–H groups in total. The lowest BCUT2D eigenvalue weighted by Crippen LogP contribution is -2.14. The van der Waals surface area contributed by atoms with Crippen molar-refractivity contribution in [2.75, 3.05) is 14.2 Å². The number of aromatic nitrogens is 10. The number of aryl methyl sites for hydroxylation is 4. The summed E-state index contributed by atoms with van der Waals surface area (Å²) >= 11 is 3.15. The van der Waals surface area contributed by atoms with E-state index in [2.05, 4.69) is 41.3 Å². The molecule has 0 fully saturated rings. The molecule has 0 saturated heterocycles. The van der Waals surface area contributed by atoms with Crippen molar-refractivity contribution in [3.05, 3.63) is 189 Å². The molecule has 0 aliphatic rings. The van der Waals surface area contributed by atoms with E-state index >= 15 is 0 Å². The molecule has 0 radical (unpaired) electrons. The average Bonchev–Trinajstić information content (AvgIpc) is 4.21. The van der Waals surface area contributed by atoms with Gasteiger partial charge in [0.25, 0.3) is 5.56 Å². The van der Waals surface area contributed by atoms with Gasteiger partial charge in [0, 0.05) is 82.6 Å². The van der Waals surface area contributed by atoms with Crippen LogP contribution in [0.1, 0.15) is 45.0 Å². The lowest BCUT2D eigenvalue weighted by molar-refractivity contribution is -0.138. The molecular weight excluding hydrogens is 1020 g/mol. The minimum atomic E-state index is -4.38. The third-order valence-corrected chi connectivity index (χ3v) is 12.0. The van der Waals surface area contributed by atoms with Crippen molar-refractivity contribution in [1.29, 1.82) is 0 Å². The topological polar surface area (TPSA) is 144 Å². The summed E-state index contributed by atoms with van der Waals surface area (Å²) in [6.07, 6.45) is -1.46. The predicted molar refractivity (Wildman–Crippen MR) is 266 cm³/mol. The minimum absolute atomic E-state index is 0.0762. The Bertz CT molecular complexity index is 3570. The molecule has 21 heteroatoms. The number of ether oxygens (including phenoxy) is 3. The first-order chi connectivity index (χ1) is 34.9. The number of rotatable bonds is 10. The maximum Gasteiger partial charge on any atom is 0.416 e. The zero-order valence-corrected chi connectivity index (χ0v) is 41.5. The Morgan fingerprint density at radius 2 is 1.14 bits per heavy atom. The van der Waals surface area contributed by atoms with Crippen LogP contribution in [0.2, 0.25) is 0 Å². The second kappa shape index (κ2) is 21.3. The highest BCUT2D eigenvalue weighted by Crippen LogP contribution is 2.39. The summed E-state index contributed by atoms with van der Waals surface area (Å²) in [5.74, 6) is 1.75. The molecule has 0 spiro atoms. The van der Waals surface area contributed by atoms with E-state index in [0.717, 1.165) is 74.8 Å². The second-order valence-electron chi connectivity index (χ2n) is 16.4. The zero-order valence-electron chi connectivity index (χ0n) is 39.9. The molecule has 0 atom stereocenters. The van der Waals surface area contributed by atoms with Crippen LogP contribution in [0.4, 0.5) is 26.3 Å². The van der Waals surface area contributed by atoms with Crippen LogP contribution in [0.25, 0.3) is 44.9 Å². The third kappa shape index (κ3) is 11.3. The molecule has 0 unspecified atom stereocenters. The van der Waals surface area contributed by atoms with Gasteiger partial charge in [-0.15, -0.1) is 0 Å². The SMILES string of the molecule is COc1cc(-n2cccn2)ccc1-c1c(C)[nH]n2c(=O)cc(C)nc12.COc1cc(-n2cccn2)ccc1-c1c(C)nn2c(OCc3ccc(C(F)(F)F)cc3)cc(C)nc12.FC(F)(F)c1ccc(CBr)cc1. The molecular formula is C52H45BrF6N10O4. The van der Waals surface area contributed by atoms with Crippen molar-refractivity contribution < 1.29 is 40.6 Å². The molecule has 6 aromatic heterocycles. The van der Waals surface area contributed by atoms with Crippen molar-refractivity contribution in [3.8, 4) is 51.0 Å². The van der Waals surface area contributed by atoms with Gasteiger partial charge in [-0.05, 0) is 99.5 Å². The highest BCUT2D eigenvalue weighted by Gasteiger charge is 2.31. The molecule has 10 aromatic rings. The molecule has 4 aromatic carbocycles. The Morgan fingerprint density at radius 1 is 0.630 bits per heavy atom. The van der Waals surface area contributed by atoms with Crippen molar-refractivity contribution in [1.82, 2.24) is 48.8 Å². The number of methoxy groups -OCH3 is 2. The van der Waals surface area contributed by atoms with Gasteiger partial charge in [0.1, 0.15) is 18.1 Å². The van der Waals surface area contributed by atoms with Crippen LogP contribution in [0, 0.1) is 27.7 Å². The van der Waals surface area contributed by atoms with E-state index in [1.165, 1.54) is 34.8 Å². The van der Waals surface area contributed by atoms with Crippen molar-refractivity contribution in [3.63, 3.8) is 0 Å². The lowest BCUT2D eigenvalue weighted by atomic mass is 10.0. The predicted octanol–water partition coefficient (Wildman–Crippen LogP) is 11.9. The summed E-state index contributed by atoms with van der Waals surface area (Å²) in [7, 11) is 3.23. The van der Waals surface area contributed by atoms with E-state index in [1.54, 1.807) is 46.6 Å². The largest absolute Gasteiger partial charge is 0.496 e. The Hall–Kier alpha value is -8.20. The van der Waals surface area contributed by atoms with E-state index in [1.807, 2.05) is 88.6 Å². The van der Waals surface area contributed by atoms with E-state index < -0.39 is 23.5 Å². The van der Waals surface area contributed by atoms with Gasteiger partial charge >= 0.3 is 12.4 Å². The zero-order chi connectivity index (χ0) is 52.2. The number of aromatic amines is 1. The minimum Gasteiger partial charge on any atom is -0.496 e. The summed E-state index contributed by atoms with van der Waals surface area (Å²) < 4.78 is 98.4. The van der Waals surface area contributed by atoms with Crippen molar-refractivity contribution in [2.24, 2.45) is 0 Å². The Labute approximate surface area is 421 Å². The quantitative estimate of drug-likeness (QED) is 0.105. The number of hydrogen-bond donors (Lipinski definition) is 1. The lowest BCUT2D eigenvalue weighted by Gasteiger charge is -2.12. The number of fused-ring (bicyclic) bond motifs is 2. The van der Waals surface area contributed by atoms with Crippen molar-refractivity contribution in [2.45, 2.75) is 52.0 Å².